The molecule has 0 amide bonds. The first-order valence-corrected chi connectivity index (χ1v) is 10.7. The Hall–Kier alpha value is -1.50. The highest BCUT2D eigenvalue weighted by molar-refractivity contribution is 7.20. The molecule has 5 heteroatoms. The maximum absolute atomic E-state index is 6.02. The van der Waals surface area contributed by atoms with Crippen LogP contribution in [-0.4, -0.2) is 31.2 Å². The van der Waals surface area contributed by atoms with E-state index in [1.807, 2.05) is 0 Å². The third-order valence-electron chi connectivity index (χ3n) is 4.57. The fourth-order valence-electron chi connectivity index (χ4n) is 3.16. The van der Waals surface area contributed by atoms with Gasteiger partial charge in [-0.25, -0.2) is 0 Å². The van der Waals surface area contributed by atoms with Gasteiger partial charge in [-0.3, -0.25) is 4.90 Å². The number of fused-ring (bicyclic) bond motifs is 3. The molecule has 0 fully saturated rings. The summed E-state index contributed by atoms with van der Waals surface area (Å²) in [5, 5.41) is 4.32. The molecule has 0 bridgehead atoms. The summed E-state index contributed by atoms with van der Waals surface area (Å²) < 4.78 is 12.0. The van der Waals surface area contributed by atoms with Crippen molar-refractivity contribution in [2.24, 2.45) is 0 Å². The SMILES string of the molecule is c1ccc(CN2CCOCc3ccsc3-c3sccc3COCC2)cc1. The second-order valence-electron chi connectivity index (χ2n) is 6.42. The quantitative estimate of drug-likeness (QED) is 0.618. The largest absolute Gasteiger partial charge is 0.375 e. The number of rotatable bonds is 2. The van der Waals surface area contributed by atoms with Crippen molar-refractivity contribution in [1.82, 2.24) is 4.90 Å². The molecule has 0 spiro atoms. The van der Waals surface area contributed by atoms with Gasteiger partial charge >= 0.3 is 0 Å². The van der Waals surface area contributed by atoms with E-state index in [0.29, 0.717) is 13.2 Å². The minimum absolute atomic E-state index is 0.677. The van der Waals surface area contributed by atoms with Crippen molar-refractivity contribution in [2.45, 2.75) is 19.8 Å². The first-order chi connectivity index (χ1) is 12.9. The number of ether oxygens (including phenoxy) is 2. The van der Waals surface area contributed by atoms with Crippen LogP contribution in [-0.2, 0) is 29.2 Å². The summed E-state index contributed by atoms with van der Waals surface area (Å²) in [7, 11) is 0. The van der Waals surface area contributed by atoms with E-state index in [1.165, 1.54) is 26.4 Å². The van der Waals surface area contributed by atoms with Crippen LogP contribution in [0.2, 0.25) is 0 Å². The van der Waals surface area contributed by atoms with Crippen LogP contribution < -0.4 is 0 Å². The second kappa shape index (κ2) is 8.93. The number of thiophene rings is 2. The molecule has 2 aromatic heterocycles. The summed E-state index contributed by atoms with van der Waals surface area (Å²) in [6.07, 6.45) is 0. The Morgan fingerprint density at radius 3 is 1.92 bits per heavy atom. The monoisotopic (exact) mass is 385 g/mol. The van der Waals surface area contributed by atoms with Gasteiger partial charge in [0.05, 0.1) is 36.2 Å². The number of hydrogen-bond acceptors (Lipinski definition) is 5. The molecule has 0 aliphatic carbocycles. The van der Waals surface area contributed by atoms with Gasteiger partial charge in [0, 0.05) is 19.6 Å². The first kappa shape index (κ1) is 17.9. The van der Waals surface area contributed by atoms with E-state index in [1.54, 1.807) is 22.7 Å². The van der Waals surface area contributed by atoms with Crippen LogP contribution in [0.25, 0.3) is 9.75 Å². The Kier molecular flexibility index (Phi) is 6.14. The predicted octanol–water partition coefficient (Wildman–Crippen LogP) is 5.03. The zero-order valence-electron chi connectivity index (χ0n) is 14.7. The predicted molar refractivity (Wildman–Crippen MR) is 109 cm³/mol. The highest BCUT2D eigenvalue weighted by atomic mass is 32.1. The lowest BCUT2D eigenvalue weighted by Gasteiger charge is -2.22. The van der Waals surface area contributed by atoms with E-state index in [4.69, 9.17) is 9.47 Å². The number of benzene rings is 1. The highest BCUT2D eigenvalue weighted by Gasteiger charge is 2.15. The zero-order valence-corrected chi connectivity index (χ0v) is 16.4. The third-order valence-corrected chi connectivity index (χ3v) is 6.65. The average molecular weight is 386 g/mol. The van der Waals surface area contributed by atoms with Crippen LogP contribution in [0, 0.1) is 0 Å². The summed E-state index contributed by atoms with van der Waals surface area (Å²) >= 11 is 3.59. The molecule has 1 aromatic carbocycles. The summed E-state index contributed by atoms with van der Waals surface area (Å²) in [6, 6.07) is 15.0. The second-order valence-corrected chi connectivity index (χ2v) is 8.25. The van der Waals surface area contributed by atoms with Gasteiger partial charge in [-0.05, 0) is 39.6 Å². The Bertz CT molecular complexity index is 764. The van der Waals surface area contributed by atoms with Gasteiger partial charge in [0.2, 0.25) is 0 Å². The van der Waals surface area contributed by atoms with Crippen LogP contribution in [0.15, 0.2) is 53.2 Å². The van der Waals surface area contributed by atoms with Crippen LogP contribution in [0.4, 0.5) is 0 Å². The van der Waals surface area contributed by atoms with Crippen LogP contribution >= 0.6 is 22.7 Å². The van der Waals surface area contributed by atoms with Gasteiger partial charge in [-0.15, -0.1) is 22.7 Å². The Labute approximate surface area is 162 Å². The lowest BCUT2D eigenvalue weighted by molar-refractivity contribution is 0.0623. The van der Waals surface area contributed by atoms with Gasteiger partial charge in [0.25, 0.3) is 0 Å². The normalized spacial score (nSPS) is 16.8. The minimum Gasteiger partial charge on any atom is -0.375 e. The molecule has 4 rings (SSSR count). The Balaban J connectivity index is 1.48. The minimum atomic E-state index is 0.677. The first-order valence-electron chi connectivity index (χ1n) is 8.95. The van der Waals surface area contributed by atoms with Crippen molar-refractivity contribution in [1.29, 1.82) is 0 Å². The molecule has 3 nitrogen and oxygen atoms in total. The molecule has 0 N–H and O–H groups in total. The number of hydrogen-bond donors (Lipinski definition) is 0. The molecule has 0 radical (unpaired) electrons. The fourth-order valence-corrected chi connectivity index (χ4v) is 5.22. The molecule has 0 unspecified atom stereocenters. The van der Waals surface area contributed by atoms with E-state index < -0.39 is 0 Å². The Morgan fingerprint density at radius 1 is 0.769 bits per heavy atom. The number of nitrogens with zero attached hydrogens (tertiary/aromatic N) is 1. The summed E-state index contributed by atoms with van der Waals surface area (Å²) in [4.78, 5) is 5.08. The smallest absolute Gasteiger partial charge is 0.0732 e. The standard InChI is InChI=1S/C21H23NO2S2/c1-2-4-17(5-3-1)14-22-8-10-23-15-18-6-12-25-20(18)21-19(7-13-26-21)16-24-11-9-22/h1-7,12-13H,8-11,14-16H2. The van der Waals surface area contributed by atoms with E-state index in [2.05, 4.69) is 58.1 Å². The molecule has 0 saturated carbocycles. The maximum atomic E-state index is 6.02. The van der Waals surface area contributed by atoms with Gasteiger partial charge in [0.15, 0.2) is 0 Å². The van der Waals surface area contributed by atoms with Crippen molar-refractivity contribution < 1.29 is 9.47 Å². The maximum Gasteiger partial charge on any atom is 0.0732 e. The van der Waals surface area contributed by atoms with E-state index in [9.17, 15) is 0 Å². The van der Waals surface area contributed by atoms with Crippen molar-refractivity contribution >= 4 is 22.7 Å². The topological polar surface area (TPSA) is 21.7 Å². The van der Waals surface area contributed by atoms with Crippen LogP contribution in [0.1, 0.15) is 16.7 Å². The van der Waals surface area contributed by atoms with Crippen molar-refractivity contribution in [2.75, 3.05) is 26.3 Å². The molecule has 1 aliphatic heterocycles. The summed E-state index contributed by atoms with van der Waals surface area (Å²) in [6.45, 7) is 5.59. The average Bonchev–Trinajstić information content (AvgIpc) is 3.30. The highest BCUT2D eigenvalue weighted by Crippen LogP contribution is 2.37. The molecular weight excluding hydrogens is 362 g/mol. The zero-order chi connectivity index (χ0) is 17.6. The molecule has 3 aromatic rings. The van der Waals surface area contributed by atoms with Crippen molar-refractivity contribution in [3.8, 4) is 9.75 Å². The molecule has 3 heterocycles. The van der Waals surface area contributed by atoms with Crippen molar-refractivity contribution in [3.05, 3.63) is 69.9 Å². The molecule has 1 aliphatic rings. The summed E-state index contributed by atoms with van der Waals surface area (Å²) in [5.74, 6) is 0. The van der Waals surface area contributed by atoms with E-state index in [0.717, 1.165) is 32.8 Å². The molecule has 136 valence electrons. The van der Waals surface area contributed by atoms with Gasteiger partial charge in [0.1, 0.15) is 0 Å². The third kappa shape index (κ3) is 4.42. The lowest BCUT2D eigenvalue weighted by atomic mass is 10.2. The Morgan fingerprint density at radius 2 is 1.35 bits per heavy atom. The summed E-state index contributed by atoms with van der Waals surface area (Å²) in [5.41, 5.74) is 3.90. The molecule has 26 heavy (non-hydrogen) atoms. The van der Waals surface area contributed by atoms with Crippen molar-refractivity contribution in [3.63, 3.8) is 0 Å². The van der Waals surface area contributed by atoms with E-state index in [-0.39, 0.29) is 0 Å². The molecular formula is C21H23NO2S2. The molecule has 0 saturated heterocycles. The van der Waals surface area contributed by atoms with Crippen LogP contribution in [0.5, 0.6) is 0 Å². The van der Waals surface area contributed by atoms with Gasteiger partial charge in [-0.1, -0.05) is 30.3 Å². The molecule has 0 atom stereocenters. The van der Waals surface area contributed by atoms with E-state index >= 15 is 0 Å². The van der Waals surface area contributed by atoms with Crippen LogP contribution in [0.3, 0.4) is 0 Å². The van der Waals surface area contributed by atoms with Gasteiger partial charge < -0.3 is 9.47 Å². The van der Waals surface area contributed by atoms with Gasteiger partial charge in [-0.2, -0.15) is 0 Å². The fraction of sp³-hybridized carbons (Fsp3) is 0.333. The lowest BCUT2D eigenvalue weighted by Crippen LogP contribution is -2.30.